The molecule has 4 heterocycles. The van der Waals surface area contributed by atoms with Gasteiger partial charge in [-0.25, -0.2) is 0 Å². The van der Waals surface area contributed by atoms with E-state index in [0.717, 1.165) is 39.6 Å². The quantitative estimate of drug-likeness (QED) is 0.141. The van der Waals surface area contributed by atoms with Crippen LogP contribution in [0.1, 0.15) is 154 Å². The highest BCUT2D eigenvalue weighted by molar-refractivity contribution is 7.00. The monoisotopic (exact) mass is 1420 g/mol. The maximum absolute atomic E-state index is 2.71. The normalized spacial score (nSPS) is 14.0. The maximum Gasteiger partial charge on any atom is 0.252 e. The minimum atomic E-state index is -0.598. The van der Waals surface area contributed by atoms with E-state index in [2.05, 4.69) is 426 Å². The Balaban J connectivity index is 0.941. The van der Waals surface area contributed by atoms with Crippen molar-refractivity contribution in [3.63, 3.8) is 0 Å². The lowest BCUT2D eigenvalue weighted by atomic mass is 9.33. The fraction of sp³-hybridized carbons (Fsp3) is 0.200. The van der Waals surface area contributed by atoms with Gasteiger partial charge in [0.05, 0.1) is 38.9 Å². The molecule has 0 unspecified atom stereocenters. The summed E-state index contributed by atoms with van der Waals surface area (Å²) >= 11 is 0. The van der Waals surface area contributed by atoms with E-state index in [9.17, 15) is 0 Å². The summed E-state index contributed by atoms with van der Waals surface area (Å²) in [5, 5.41) is 4.92. The smallest absolute Gasteiger partial charge is 0.252 e. The van der Waals surface area contributed by atoms with Crippen LogP contribution in [0.4, 0.5) is 34.1 Å². The summed E-state index contributed by atoms with van der Waals surface area (Å²) in [5.74, 6) is 0. The van der Waals surface area contributed by atoms with Crippen LogP contribution >= 0.6 is 0 Å². The van der Waals surface area contributed by atoms with Crippen molar-refractivity contribution >= 4 is 101 Å². The molecule has 2 aromatic heterocycles. The molecule has 1 aliphatic carbocycles. The van der Waals surface area contributed by atoms with Crippen molar-refractivity contribution in [1.82, 2.24) is 9.13 Å². The first kappa shape index (κ1) is 68.8. The first-order valence-electron chi connectivity index (χ1n) is 39.6. The molecule has 0 amide bonds. The molecular weight excluding hydrogens is 1330 g/mol. The minimum Gasteiger partial charge on any atom is -0.311 e. The standard InChI is InChI=1S/C105H95BN4/c1-100(2,3)68-46-42-66(43-47-68)81-58-72(102(7,8)9)50-56-92(81)109-95-62-75(107-89-39-27-23-35-78(89)79-36-24-28-40-90(79)107)52-54-87(95)106-88-55-53-76(63-96(88)110(98-61-74(104(13,14)15)60-97(109)99(98)106)93-57-51-73(103(10,11)12)59-82(93)67-44-48-69(49-45-67)101(4,5)6)108-91-41-29-25-37-80(91)84-64-83-77-34-22-26-38-85(77)105(86(83)65-94(84)108,70-30-18-16-19-31-70)71-32-20-17-21-33-71/h16-65H,1-15H3. The number of benzene rings is 14. The van der Waals surface area contributed by atoms with E-state index < -0.39 is 5.41 Å². The largest absolute Gasteiger partial charge is 0.311 e. The zero-order valence-corrected chi connectivity index (χ0v) is 66.2. The molecule has 14 aromatic carbocycles. The molecule has 0 bridgehead atoms. The maximum atomic E-state index is 2.71. The van der Waals surface area contributed by atoms with Gasteiger partial charge in [-0.2, -0.15) is 0 Å². The number of anilines is 6. The SMILES string of the molecule is CC(C)(C)c1ccc(-c2cc(C(C)(C)C)ccc2N2c3cc(-n4c5ccccc5c5ccccc54)ccc3B3c4ccc(-n5c6ccccc6c6cc7c(cc65)C(c5ccccc5)(c5ccccc5)c5ccccc5-7)cc4N(c4ccc(C(C)(C)C)cc4-c4ccc(C(C)(C)C)cc4)c4cc(C(C)(C)C)cc2c43)cc1. The predicted octanol–water partition coefficient (Wildman–Crippen LogP) is 26.1. The van der Waals surface area contributed by atoms with Crippen molar-refractivity contribution < 1.29 is 0 Å². The van der Waals surface area contributed by atoms with Crippen LogP contribution in [0.5, 0.6) is 0 Å². The van der Waals surface area contributed by atoms with Crippen LogP contribution in [-0.2, 0) is 32.5 Å². The molecule has 538 valence electrons. The molecule has 3 aliphatic rings. The van der Waals surface area contributed by atoms with E-state index in [1.807, 2.05) is 0 Å². The van der Waals surface area contributed by atoms with Crippen LogP contribution in [0.25, 0.3) is 88.4 Å². The number of aromatic nitrogens is 2. The molecule has 16 aromatic rings. The van der Waals surface area contributed by atoms with Crippen LogP contribution in [0.3, 0.4) is 0 Å². The van der Waals surface area contributed by atoms with E-state index in [4.69, 9.17) is 0 Å². The molecule has 19 rings (SSSR count). The first-order valence-corrected chi connectivity index (χ1v) is 39.6. The van der Waals surface area contributed by atoms with Crippen LogP contribution in [0.15, 0.2) is 303 Å². The van der Waals surface area contributed by atoms with Gasteiger partial charge in [0.2, 0.25) is 0 Å². The van der Waals surface area contributed by atoms with Crippen LogP contribution in [-0.4, -0.2) is 15.8 Å². The fourth-order valence-corrected chi connectivity index (χ4v) is 18.7. The number of hydrogen-bond acceptors (Lipinski definition) is 2. The highest BCUT2D eigenvalue weighted by Gasteiger charge is 2.49. The van der Waals surface area contributed by atoms with Gasteiger partial charge in [-0.05, 0) is 207 Å². The number of rotatable bonds is 8. The zero-order valence-electron chi connectivity index (χ0n) is 66.2. The van der Waals surface area contributed by atoms with Crippen LogP contribution in [0, 0.1) is 0 Å². The van der Waals surface area contributed by atoms with Gasteiger partial charge >= 0.3 is 0 Å². The molecule has 0 N–H and O–H groups in total. The summed E-state index contributed by atoms with van der Waals surface area (Å²) < 4.78 is 5.10. The Morgan fingerprint density at radius 1 is 0.245 bits per heavy atom. The van der Waals surface area contributed by atoms with E-state index in [1.165, 1.54) is 149 Å². The summed E-state index contributed by atoms with van der Waals surface area (Å²) in [6, 6.07) is 118. The Bertz CT molecular complexity index is 6320. The van der Waals surface area contributed by atoms with Crippen LogP contribution in [0.2, 0.25) is 0 Å². The molecule has 0 saturated heterocycles. The number of nitrogens with zero attached hydrogens (tertiary/aromatic N) is 4. The summed E-state index contributed by atoms with van der Waals surface area (Å²) in [4.78, 5) is 5.41. The van der Waals surface area contributed by atoms with Crippen molar-refractivity contribution in [2.24, 2.45) is 0 Å². The molecule has 0 fully saturated rings. The van der Waals surface area contributed by atoms with Crippen LogP contribution < -0.4 is 26.2 Å². The summed E-state index contributed by atoms with van der Waals surface area (Å²) in [6.07, 6.45) is 0. The highest BCUT2D eigenvalue weighted by Crippen LogP contribution is 2.59. The molecule has 4 nitrogen and oxygen atoms in total. The van der Waals surface area contributed by atoms with Gasteiger partial charge in [0.15, 0.2) is 0 Å². The Hall–Kier alpha value is -11.7. The summed E-state index contributed by atoms with van der Waals surface area (Å²) in [7, 11) is 0. The molecule has 0 spiro atoms. The summed E-state index contributed by atoms with van der Waals surface area (Å²) in [6.45, 7) is 35.0. The van der Waals surface area contributed by atoms with E-state index in [1.54, 1.807) is 0 Å². The average molecular weight is 1420 g/mol. The lowest BCUT2D eigenvalue weighted by Gasteiger charge is -2.46. The molecule has 0 saturated carbocycles. The molecule has 2 aliphatic heterocycles. The molecule has 0 radical (unpaired) electrons. The zero-order chi connectivity index (χ0) is 75.9. The second-order valence-corrected chi connectivity index (χ2v) is 36.6. The third-order valence-corrected chi connectivity index (χ3v) is 24.6. The van der Waals surface area contributed by atoms with Crippen molar-refractivity contribution in [2.75, 3.05) is 9.80 Å². The second-order valence-electron chi connectivity index (χ2n) is 36.6. The third kappa shape index (κ3) is 10.7. The van der Waals surface area contributed by atoms with Gasteiger partial charge in [0, 0.05) is 66.8 Å². The molecule has 5 heteroatoms. The molecule has 110 heavy (non-hydrogen) atoms. The van der Waals surface area contributed by atoms with E-state index >= 15 is 0 Å². The van der Waals surface area contributed by atoms with E-state index in [-0.39, 0.29) is 33.8 Å². The number of fused-ring (bicyclic) bond motifs is 13. The molecule has 0 atom stereocenters. The first-order chi connectivity index (χ1) is 52.7. The van der Waals surface area contributed by atoms with Crippen molar-refractivity contribution in [3.05, 3.63) is 353 Å². The molecular formula is C105H95BN4. The Labute approximate surface area is 650 Å². The third-order valence-electron chi connectivity index (χ3n) is 24.6. The summed E-state index contributed by atoms with van der Waals surface area (Å²) in [5.41, 5.74) is 35.2. The second kappa shape index (κ2) is 24.7. The fourth-order valence-electron chi connectivity index (χ4n) is 18.7. The van der Waals surface area contributed by atoms with Crippen molar-refractivity contribution in [2.45, 2.75) is 136 Å². The lowest BCUT2D eigenvalue weighted by molar-refractivity contribution is 0.589. The Kier molecular flexibility index (Phi) is 15.4. The predicted molar refractivity (Wildman–Crippen MR) is 471 cm³/mol. The Morgan fingerprint density at radius 2 is 0.627 bits per heavy atom. The average Bonchev–Trinajstić information content (AvgIpc) is 1.21. The highest BCUT2D eigenvalue weighted by atomic mass is 15.2. The van der Waals surface area contributed by atoms with Crippen molar-refractivity contribution in [3.8, 4) is 44.8 Å². The topological polar surface area (TPSA) is 16.3 Å². The van der Waals surface area contributed by atoms with Gasteiger partial charge in [0.1, 0.15) is 0 Å². The Morgan fingerprint density at radius 3 is 1.06 bits per heavy atom. The van der Waals surface area contributed by atoms with Gasteiger partial charge in [-0.1, -0.05) is 316 Å². The van der Waals surface area contributed by atoms with Gasteiger partial charge in [-0.3, -0.25) is 0 Å². The van der Waals surface area contributed by atoms with Gasteiger partial charge in [-0.15, -0.1) is 0 Å². The number of hydrogen-bond donors (Lipinski definition) is 0. The lowest BCUT2D eigenvalue weighted by Crippen LogP contribution is -2.61. The number of para-hydroxylation sites is 3. The van der Waals surface area contributed by atoms with E-state index in [0.29, 0.717) is 0 Å². The minimum absolute atomic E-state index is 0.0221. The van der Waals surface area contributed by atoms with Crippen molar-refractivity contribution in [1.29, 1.82) is 0 Å². The van der Waals surface area contributed by atoms with Gasteiger partial charge < -0.3 is 18.9 Å². The van der Waals surface area contributed by atoms with Gasteiger partial charge in [0.25, 0.3) is 6.71 Å².